The van der Waals surface area contributed by atoms with Crippen molar-refractivity contribution < 1.29 is 19.2 Å². The van der Waals surface area contributed by atoms with Crippen LogP contribution in [0.5, 0.6) is 0 Å². The summed E-state index contributed by atoms with van der Waals surface area (Å²) < 4.78 is 0. The van der Waals surface area contributed by atoms with Crippen molar-refractivity contribution in [2.75, 3.05) is 11.9 Å². The minimum Gasteiger partial charge on any atom is -0.277 e. The first-order valence-electron chi connectivity index (χ1n) is 8.01. The standard InChI is InChI=1S/C18H14N2O4/c1-19-15(21)11-5-4-10(7-12(11)16(19)22)20-17(23)13-8-2-3-9(6-8)14(13)18(20)24/h2-5,7-9,13-14H,6H2,1H3. The molecule has 24 heavy (non-hydrogen) atoms. The van der Waals surface area contributed by atoms with Crippen LogP contribution in [-0.4, -0.2) is 35.6 Å². The molecule has 2 heterocycles. The Kier molecular flexibility index (Phi) is 2.39. The lowest BCUT2D eigenvalue weighted by Gasteiger charge is -2.17. The van der Waals surface area contributed by atoms with Crippen LogP contribution in [0.2, 0.25) is 0 Å². The minimum atomic E-state index is -0.405. The molecule has 1 aromatic carbocycles. The van der Waals surface area contributed by atoms with E-state index >= 15 is 0 Å². The molecule has 0 spiro atoms. The average molecular weight is 322 g/mol. The molecule has 6 heteroatoms. The lowest BCUT2D eigenvalue weighted by Crippen LogP contribution is -2.33. The van der Waals surface area contributed by atoms with E-state index in [4.69, 9.17) is 0 Å². The molecule has 2 aliphatic heterocycles. The van der Waals surface area contributed by atoms with Gasteiger partial charge in [-0.15, -0.1) is 0 Å². The second kappa shape index (κ2) is 4.20. The highest BCUT2D eigenvalue weighted by molar-refractivity contribution is 6.25. The predicted molar refractivity (Wildman–Crippen MR) is 83.1 cm³/mol. The Morgan fingerprint density at radius 1 is 0.875 bits per heavy atom. The van der Waals surface area contributed by atoms with Crippen LogP contribution in [0.4, 0.5) is 5.69 Å². The summed E-state index contributed by atoms with van der Waals surface area (Å²) in [6.07, 6.45) is 4.96. The smallest absolute Gasteiger partial charge is 0.261 e. The fraction of sp³-hybridized carbons (Fsp3) is 0.333. The molecule has 4 aliphatic rings. The molecular weight excluding hydrogens is 308 g/mol. The van der Waals surface area contributed by atoms with Gasteiger partial charge in [-0.25, -0.2) is 4.90 Å². The van der Waals surface area contributed by atoms with Gasteiger partial charge in [0.25, 0.3) is 11.8 Å². The summed E-state index contributed by atoms with van der Waals surface area (Å²) in [7, 11) is 1.42. The van der Waals surface area contributed by atoms with Gasteiger partial charge in [0, 0.05) is 7.05 Å². The van der Waals surface area contributed by atoms with E-state index < -0.39 is 5.91 Å². The summed E-state index contributed by atoms with van der Waals surface area (Å²) in [5.74, 6) is -1.41. The van der Waals surface area contributed by atoms with Crippen molar-refractivity contribution in [2.45, 2.75) is 6.42 Å². The molecule has 4 unspecified atom stereocenters. The van der Waals surface area contributed by atoms with Crippen molar-refractivity contribution in [1.29, 1.82) is 0 Å². The van der Waals surface area contributed by atoms with Gasteiger partial charge in [0.15, 0.2) is 0 Å². The van der Waals surface area contributed by atoms with Crippen LogP contribution in [0.3, 0.4) is 0 Å². The number of imide groups is 2. The van der Waals surface area contributed by atoms with E-state index in [2.05, 4.69) is 0 Å². The van der Waals surface area contributed by atoms with E-state index in [0.29, 0.717) is 11.3 Å². The Morgan fingerprint density at radius 3 is 2.08 bits per heavy atom. The van der Waals surface area contributed by atoms with Gasteiger partial charge >= 0.3 is 0 Å². The molecule has 2 aliphatic carbocycles. The molecule has 2 fully saturated rings. The highest BCUT2D eigenvalue weighted by Crippen LogP contribution is 2.53. The fourth-order valence-corrected chi connectivity index (χ4v) is 4.65. The predicted octanol–water partition coefficient (Wildman–Crippen LogP) is 1.22. The third-order valence-electron chi connectivity index (χ3n) is 5.80. The van der Waals surface area contributed by atoms with Gasteiger partial charge in [-0.2, -0.15) is 0 Å². The zero-order valence-corrected chi connectivity index (χ0v) is 12.9. The number of hydrogen-bond acceptors (Lipinski definition) is 4. The Labute approximate surface area is 137 Å². The summed E-state index contributed by atoms with van der Waals surface area (Å²) in [5, 5.41) is 0. The van der Waals surface area contributed by atoms with Crippen molar-refractivity contribution in [3.63, 3.8) is 0 Å². The van der Waals surface area contributed by atoms with Gasteiger partial charge in [0.2, 0.25) is 11.8 Å². The molecule has 0 aromatic heterocycles. The van der Waals surface area contributed by atoms with Crippen LogP contribution < -0.4 is 4.90 Å². The van der Waals surface area contributed by atoms with Crippen molar-refractivity contribution in [1.82, 2.24) is 4.90 Å². The summed E-state index contributed by atoms with van der Waals surface area (Å²) in [5.41, 5.74) is 0.944. The molecule has 2 bridgehead atoms. The SMILES string of the molecule is CN1C(=O)c2ccc(N3C(=O)C4C5C=CC(C5)C4C3=O)cc2C1=O. The minimum absolute atomic E-state index is 0.144. The monoisotopic (exact) mass is 322 g/mol. The van der Waals surface area contributed by atoms with Crippen LogP contribution in [0.1, 0.15) is 27.1 Å². The van der Waals surface area contributed by atoms with Gasteiger partial charge in [0.1, 0.15) is 0 Å². The van der Waals surface area contributed by atoms with Crippen LogP contribution in [0.25, 0.3) is 0 Å². The highest BCUT2D eigenvalue weighted by Gasteiger charge is 2.59. The van der Waals surface area contributed by atoms with Gasteiger partial charge in [-0.05, 0) is 36.5 Å². The molecule has 6 nitrogen and oxygen atoms in total. The Bertz CT molecular complexity index is 857. The first-order valence-corrected chi connectivity index (χ1v) is 8.01. The molecule has 4 atom stereocenters. The van der Waals surface area contributed by atoms with Crippen LogP contribution in [-0.2, 0) is 9.59 Å². The maximum Gasteiger partial charge on any atom is 0.261 e. The van der Waals surface area contributed by atoms with E-state index in [-0.39, 0.29) is 47.0 Å². The number of benzene rings is 1. The fourth-order valence-electron chi connectivity index (χ4n) is 4.65. The Morgan fingerprint density at radius 2 is 1.46 bits per heavy atom. The number of fused-ring (bicyclic) bond motifs is 6. The molecule has 1 saturated heterocycles. The van der Waals surface area contributed by atoms with Crippen molar-refractivity contribution in [2.24, 2.45) is 23.7 Å². The van der Waals surface area contributed by atoms with E-state index in [0.717, 1.165) is 11.3 Å². The maximum atomic E-state index is 12.8. The number of carbonyl (C=O) groups is 4. The molecule has 0 radical (unpaired) electrons. The molecule has 120 valence electrons. The van der Waals surface area contributed by atoms with Crippen LogP contribution >= 0.6 is 0 Å². The lowest BCUT2D eigenvalue weighted by atomic mass is 9.85. The first kappa shape index (κ1) is 13.7. The highest BCUT2D eigenvalue weighted by atomic mass is 16.2. The molecule has 0 N–H and O–H groups in total. The molecule has 1 saturated carbocycles. The summed E-state index contributed by atoms with van der Waals surface area (Å²) in [6, 6.07) is 4.59. The lowest BCUT2D eigenvalue weighted by molar-refractivity contribution is -0.123. The molecular formula is C18H14N2O4. The summed E-state index contributed by atoms with van der Waals surface area (Å²) >= 11 is 0. The van der Waals surface area contributed by atoms with E-state index in [1.807, 2.05) is 12.2 Å². The van der Waals surface area contributed by atoms with Gasteiger partial charge < -0.3 is 0 Å². The van der Waals surface area contributed by atoms with Crippen LogP contribution in [0, 0.1) is 23.7 Å². The van der Waals surface area contributed by atoms with Gasteiger partial charge in [-0.1, -0.05) is 12.2 Å². The average Bonchev–Trinajstić information content (AvgIpc) is 3.30. The number of amides is 4. The number of nitrogens with zero attached hydrogens (tertiary/aromatic N) is 2. The number of allylic oxidation sites excluding steroid dienone is 2. The van der Waals surface area contributed by atoms with Crippen molar-refractivity contribution in [3.8, 4) is 0 Å². The summed E-state index contributed by atoms with van der Waals surface area (Å²) in [6.45, 7) is 0. The van der Waals surface area contributed by atoms with Gasteiger partial charge in [0.05, 0.1) is 28.7 Å². The Balaban J connectivity index is 1.57. The number of carbonyl (C=O) groups excluding carboxylic acids is 4. The van der Waals surface area contributed by atoms with Crippen molar-refractivity contribution >= 4 is 29.3 Å². The van der Waals surface area contributed by atoms with E-state index in [9.17, 15) is 19.2 Å². The van der Waals surface area contributed by atoms with Crippen LogP contribution in [0.15, 0.2) is 30.4 Å². The van der Waals surface area contributed by atoms with Gasteiger partial charge in [-0.3, -0.25) is 24.1 Å². The number of anilines is 1. The van der Waals surface area contributed by atoms with Crippen molar-refractivity contribution in [3.05, 3.63) is 41.5 Å². The first-order chi connectivity index (χ1) is 11.5. The molecule has 1 aromatic rings. The summed E-state index contributed by atoms with van der Waals surface area (Å²) in [4.78, 5) is 52.0. The van der Waals surface area contributed by atoms with E-state index in [1.54, 1.807) is 6.07 Å². The topological polar surface area (TPSA) is 74.8 Å². The normalized spacial score (nSPS) is 33.0. The number of hydrogen-bond donors (Lipinski definition) is 0. The second-order valence-corrected chi connectivity index (χ2v) is 6.91. The largest absolute Gasteiger partial charge is 0.277 e. The maximum absolute atomic E-state index is 12.8. The third-order valence-corrected chi connectivity index (χ3v) is 5.80. The second-order valence-electron chi connectivity index (χ2n) is 6.91. The zero-order valence-electron chi connectivity index (χ0n) is 12.9. The Hall–Kier alpha value is -2.76. The molecule has 4 amide bonds. The third kappa shape index (κ3) is 1.42. The number of rotatable bonds is 1. The quantitative estimate of drug-likeness (QED) is 0.575. The molecule has 5 rings (SSSR count). The zero-order chi connectivity index (χ0) is 16.7. The van der Waals surface area contributed by atoms with E-state index in [1.165, 1.54) is 24.1 Å².